The third-order valence-corrected chi connectivity index (χ3v) is 6.98. The molecule has 0 bridgehead atoms. The van der Waals surface area contributed by atoms with Gasteiger partial charge >= 0.3 is 0 Å². The first-order valence-corrected chi connectivity index (χ1v) is 11.9. The van der Waals surface area contributed by atoms with Crippen molar-refractivity contribution in [3.63, 3.8) is 0 Å². The van der Waals surface area contributed by atoms with Gasteiger partial charge in [0.2, 0.25) is 5.91 Å². The zero-order chi connectivity index (χ0) is 24.0. The number of rotatable bonds is 8. The van der Waals surface area contributed by atoms with Crippen LogP contribution in [0.1, 0.15) is 15.9 Å². The molecule has 0 aliphatic rings. The van der Waals surface area contributed by atoms with E-state index in [1.54, 1.807) is 24.3 Å². The number of carbonyl (C=O) groups excluding carboxylic acids is 2. The van der Waals surface area contributed by atoms with Gasteiger partial charge in [0.25, 0.3) is 15.9 Å². The molecule has 33 heavy (non-hydrogen) atoms. The van der Waals surface area contributed by atoms with E-state index in [1.807, 2.05) is 30.3 Å². The van der Waals surface area contributed by atoms with Crippen molar-refractivity contribution in [2.75, 3.05) is 24.9 Å². The Morgan fingerprint density at radius 2 is 1.61 bits per heavy atom. The highest BCUT2D eigenvalue weighted by Crippen LogP contribution is 2.28. The highest BCUT2D eigenvalue weighted by molar-refractivity contribution is 7.92. The third-order valence-electron chi connectivity index (χ3n) is 4.96. The predicted octanol–water partition coefficient (Wildman–Crippen LogP) is 3.55. The monoisotopic (exact) mass is 485 g/mol. The van der Waals surface area contributed by atoms with Gasteiger partial charge < -0.3 is 10.2 Å². The van der Waals surface area contributed by atoms with Gasteiger partial charge in [0.1, 0.15) is 0 Å². The van der Waals surface area contributed by atoms with Gasteiger partial charge in [-0.25, -0.2) is 8.42 Å². The van der Waals surface area contributed by atoms with Crippen molar-refractivity contribution in [2.45, 2.75) is 11.4 Å². The van der Waals surface area contributed by atoms with Crippen LogP contribution in [0.2, 0.25) is 5.02 Å². The number of hydrogen-bond acceptors (Lipinski definition) is 4. The molecule has 0 fully saturated rings. The predicted molar refractivity (Wildman–Crippen MR) is 129 cm³/mol. The minimum Gasteiger partial charge on any atom is -0.358 e. The molecule has 0 unspecified atom stereocenters. The Morgan fingerprint density at radius 3 is 2.24 bits per heavy atom. The van der Waals surface area contributed by atoms with Crippen LogP contribution >= 0.6 is 11.6 Å². The van der Waals surface area contributed by atoms with Crippen LogP contribution in [0, 0.1) is 0 Å². The highest BCUT2D eigenvalue weighted by Gasteiger charge is 2.27. The lowest BCUT2D eigenvalue weighted by molar-refractivity contribution is -0.121. The van der Waals surface area contributed by atoms with Crippen LogP contribution in [-0.4, -0.2) is 45.8 Å². The van der Waals surface area contributed by atoms with Gasteiger partial charge in [0, 0.05) is 24.7 Å². The standard InChI is InChI=1S/C24H24ClN3O4S/c1-26-23(29)17-27(2)24(30)19-9-6-10-22(15-19)33(31,32)28(16-18-7-4-3-5-8-18)21-13-11-20(25)12-14-21/h3-15H,16-17H2,1-2H3,(H,26,29). The molecule has 3 aromatic rings. The number of benzene rings is 3. The Balaban J connectivity index is 1.99. The Hall–Kier alpha value is -3.36. The van der Waals surface area contributed by atoms with E-state index in [2.05, 4.69) is 5.32 Å². The number of likely N-dealkylation sites (N-methyl/N-ethyl adjacent to an activating group) is 2. The van der Waals surface area contributed by atoms with Crippen LogP contribution in [-0.2, 0) is 21.4 Å². The van der Waals surface area contributed by atoms with Gasteiger partial charge in [0.15, 0.2) is 0 Å². The molecule has 2 amide bonds. The minimum absolute atomic E-state index is 0.0347. The van der Waals surface area contributed by atoms with E-state index in [4.69, 9.17) is 11.6 Å². The number of hydrogen-bond donors (Lipinski definition) is 1. The Kier molecular flexibility index (Phi) is 7.73. The number of anilines is 1. The average molecular weight is 486 g/mol. The number of nitrogens with zero attached hydrogens (tertiary/aromatic N) is 2. The smallest absolute Gasteiger partial charge is 0.264 e. The summed E-state index contributed by atoms with van der Waals surface area (Å²) in [6.45, 7) is -0.0449. The summed E-state index contributed by atoms with van der Waals surface area (Å²) >= 11 is 6.00. The number of nitrogens with one attached hydrogen (secondary N) is 1. The minimum atomic E-state index is -4.03. The van der Waals surface area contributed by atoms with E-state index in [9.17, 15) is 18.0 Å². The summed E-state index contributed by atoms with van der Waals surface area (Å²) in [5, 5.41) is 2.94. The number of halogens is 1. The second-order valence-electron chi connectivity index (χ2n) is 7.34. The normalized spacial score (nSPS) is 11.0. The van der Waals surface area contributed by atoms with E-state index >= 15 is 0 Å². The Labute approximate surface area is 198 Å². The lowest BCUT2D eigenvalue weighted by atomic mass is 10.2. The SMILES string of the molecule is CNC(=O)CN(C)C(=O)c1cccc(S(=O)(=O)N(Cc2ccccc2)c2ccc(Cl)cc2)c1. The molecular weight excluding hydrogens is 462 g/mol. The van der Waals surface area contributed by atoms with Crippen LogP contribution in [0.5, 0.6) is 0 Å². The van der Waals surface area contributed by atoms with Crippen LogP contribution in [0.4, 0.5) is 5.69 Å². The molecule has 0 aliphatic carbocycles. The van der Waals surface area contributed by atoms with Gasteiger partial charge in [-0.2, -0.15) is 0 Å². The summed E-state index contributed by atoms with van der Waals surface area (Å²) in [6, 6.07) is 21.5. The van der Waals surface area contributed by atoms with Crippen molar-refractivity contribution in [3.8, 4) is 0 Å². The average Bonchev–Trinajstić information content (AvgIpc) is 2.83. The molecule has 3 rings (SSSR count). The fraction of sp³-hybridized carbons (Fsp3) is 0.167. The van der Waals surface area contributed by atoms with Crippen molar-refractivity contribution in [1.29, 1.82) is 0 Å². The zero-order valence-electron chi connectivity index (χ0n) is 18.2. The fourth-order valence-corrected chi connectivity index (χ4v) is 4.80. The zero-order valence-corrected chi connectivity index (χ0v) is 19.8. The second kappa shape index (κ2) is 10.5. The van der Waals surface area contributed by atoms with Gasteiger partial charge in [0.05, 0.1) is 23.7 Å². The first kappa shape index (κ1) is 24.3. The first-order chi connectivity index (χ1) is 15.7. The summed E-state index contributed by atoms with van der Waals surface area (Å²) in [5.74, 6) is -0.789. The van der Waals surface area contributed by atoms with Crippen LogP contribution in [0.3, 0.4) is 0 Å². The maximum Gasteiger partial charge on any atom is 0.264 e. The maximum atomic E-state index is 13.7. The summed E-state index contributed by atoms with van der Waals surface area (Å²) in [5.41, 5.74) is 1.41. The lowest BCUT2D eigenvalue weighted by Gasteiger charge is -2.25. The first-order valence-electron chi connectivity index (χ1n) is 10.1. The molecule has 0 heterocycles. The van der Waals surface area contributed by atoms with Gasteiger partial charge in [-0.3, -0.25) is 13.9 Å². The van der Waals surface area contributed by atoms with Crippen molar-refractivity contribution < 1.29 is 18.0 Å². The van der Waals surface area contributed by atoms with Crippen molar-refractivity contribution in [3.05, 3.63) is 95.0 Å². The van der Waals surface area contributed by atoms with E-state index in [-0.39, 0.29) is 29.5 Å². The van der Waals surface area contributed by atoms with E-state index in [0.717, 1.165) is 5.56 Å². The Bertz CT molecular complexity index is 1230. The van der Waals surface area contributed by atoms with Crippen LogP contribution in [0.15, 0.2) is 83.8 Å². The summed E-state index contributed by atoms with van der Waals surface area (Å²) in [4.78, 5) is 25.6. The summed E-state index contributed by atoms with van der Waals surface area (Å²) in [6.07, 6.45) is 0. The fourth-order valence-electron chi connectivity index (χ4n) is 3.18. The Morgan fingerprint density at radius 1 is 0.939 bits per heavy atom. The molecule has 0 aliphatic heterocycles. The highest BCUT2D eigenvalue weighted by atomic mass is 35.5. The second-order valence-corrected chi connectivity index (χ2v) is 9.63. The largest absolute Gasteiger partial charge is 0.358 e. The quantitative estimate of drug-likeness (QED) is 0.528. The molecule has 0 aromatic heterocycles. The van der Waals surface area contributed by atoms with Crippen molar-refractivity contribution >= 4 is 39.1 Å². The lowest BCUT2D eigenvalue weighted by Crippen LogP contribution is -2.37. The molecular formula is C24H24ClN3O4S. The molecule has 0 spiro atoms. The molecule has 7 nitrogen and oxygen atoms in total. The molecule has 3 aromatic carbocycles. The number of carbonyl (C=O) groups is 2. The van der Waals surface area contributed by atoms with Gasteiger partial charge in [-0.15, -0.1) is 0 Å². The molecule has 172 valence electrons. The molecule has 0 radical (unpaired) electrons. The van der Waals surface area contributed by atoms with Crippen LogP contribution in [0.25, 0.3) is 0 Å². The van der Waals surface area contributed by atoms with Gasteiger partial charge in [-0.05, 0) is 48.0 Å². The number of amides is 2. The topological polar surface area (TPSA) is 86.8 Å². The third kappa shape index (κ3) is 5.91. The molecule has 0 atom stereocenters. The summed E-state index contributed by atoms with van der Waals surface area (Å²) < 4.78 is 28.7. The summed E-state index contributed by atoms with van der Waals surface area (Å²) in [7, 11) is -1.08. The van der Waals surface area contributed by atoms with Gasteiger partial charge in [-0.1, -0.05) is 48.0 Å². The van der Waals surface area contributed by atoms with E-state index < -0.39 is 15.9 Å². The van der Waals surface area contributed by atoms with E-state index in [0.29, 0.717) is 10.7 Å². The molecule has 1 N–H and O–H groups in total. The molecule has 0 saturated carbocycles. The van der Waals surface area contributed by atoms with Crippen molar-refractivity contribution in [2.24, 2.45) is 0 Å². The maximum absolute atomic E-state index is 13.7. The van der Waals surface area contributed by atoms with Crippen LogP contribution < -0.4 is 9.62 Å². The molecule has 9 heteroatoms. The van der Waals surface area contributed by atoms with E-state index in [1.165, 1.54) is 47.6 Å². The number of sulfonamides is 1. The van der Waals surface area contributed by atoms with Crippen molar-refractivity contribution in [1.82, 2.24) is 10.2 Å². The molecule has 0 saturated heterocycles.